The number of carbonyl (C=O) groups is 2. The van der Waals surface area contributed by atoms with Crippen LogP contribution in [0.2, 0.25) is 5.02 Å². The van der Waals surface area contributed by atoms with Crippen molar-refractivity contribution in [1.82, 2.24) is 0 Å². The van der Waals surface area contributed by atoms with Gasteiger partial charge < -0.3 is 24.4 Å². The molecule has 0 atom stereocenters. The van der Waals surface area contributed by atoms with Crippen LogP contribution in [0.25, 0.3) is 11.1 Å². The molecular formula is C24H23ClN2O5S. The second-order valence-electron chi connectivity index (χ2n) is 7.26. The Morgan fingerprint density at radius 1 is 1.12 bits per heavy atom. The highest BCUT2D eigenvalue weighted by atomic mass is 35.5. The van der Waals surface area contributed by atoms with Crippen LogP contribution >= 0.6 is 22.9 Å². The molecule has 2 aromatic carbocycles. The van der Waals surface area contributed by atoms with Crippen LogP contribution < -0.4 is 15.0 Å². The van der Waals surface area contributed by atoms with Crippen LogP contribution in [0.15, 0.2) is 54.6 Å². The largest absolute Gasteiger partial charge is 0.495 e. The molecule has 7 nitrogen and oxygen atoms in total. The van der Waals surface area contributed by atoms with Crippen LogP contribution in [0, 0.1) is 0 Å². The molecule has 1 aliphatic heterocycles. The number of morpholine rings is 1. The van der Waals surface area contributed by atoms with E-state index in [2.05, 4.69) is 10.2 Å². The van der Waals surface area contributed by atoms with Crippen LogP contribution in [-0.2, 0) is 14.3 Å². The fourth-order valence-corrected chi connectivity index (χ4v) is 4.77. The van der Waals surface area contributed by atoms with E-state index in [1.54, 1.807) is 18.2 Å². The van der Waals surface area contributed by atoms with Crippen molar-refractivity contribution < 1.29 is 23.8 Å². The predicted molar refractivity (Wildman–Crippen MR) is 130 cm³/mol. The van der Waals surface area contributed by atoms with Crippen molar-refractivity contribution in [3.63, 3.8) is 0 Å². The van der Waals surface area contributed by atoms with Gasteiger partial charge in [0.05, 0.1) is 31.0 Å². The van der Waals surface area contributed by atoms with Gasteiger partial charge in [0, 0.05) is 23.7 Å². The molecular weight excluding hydrogens is 464 g/mol. The van der Waals surface area contributed by atoms with Crippen LogP contribution in [-0.4, -0.2) is 51.9 Å². The zero-order valence-corrected chi connectivity index (χ0v) is 19.6. The summed E-state index contributed by atoms with van der Waals surface area (Å²) in [6.45, 7) is 2.34. The molecule has 1 aromatic heterocycles. The second kappa shape index (κ2) is 10.7. The van der Waals surface area contributed by atoms with Crippen molar-refractivity contribution >= 4 is 45.5 Å². The number of thiophene rings is 1. The van der Waals surface area contributed by atoms with E-state index in [4.69, 9.17) is 25.8 Å². The molecule has 4 rings (SSSR count). The summed E-state index contributed by atoms with van der Waals surface area (Å²) < 4.78 is 16.0. The Morgan fingerprint density at radius 3 is 2.61 bits per heavy atom. The predicted octanol–water partition coefficient (Wildman–Crippen LogP) is 4.71. The molecule has 33 heavy (non-hydrogen) atoms. The highest BCUT2D eigenvalue weighted by molar-refractivity contribution is 7.18. The van der Waals surface area contributed by atoms with Crippen LogP contribution in [0.3, 0.4) is 0 Å². The molecule has 1 saturated heterocycles. The SMILES string of the molecule is COc1ccc(Cl)cc1NC(=O)COC(=O)c1cc(-c2ccccc2)c(N2CCOCC2)s1. The third kappa shape index (κ3) is 5.65. The van der Waals surface area contributed by atoms with Gasteiger partial charge in [0.1, 0.15) is 10.6 Å². The van der Waals surface area contributed by atoms with Gasteiger partial charge in [-0.25, -0.2) is 4.79 Å². The maximum absolute atomic E-state index is 12.8. The molecule has 1 amide bonds. The highest BCUT2D eigenvalue weighted by Crippen LogP contribution is 2.39. The van der Waals surface area contributed by atoms with E-state index >= 15 is 0 Å². The minimum atomic E-state index is -0.551. The molecule has 3 aromatic rings. The first-order chi connectivity index (χ1) is 16.0. The lowest BCUT2D eigenvalue weighted by molar-refractivity contribution is -0.119. The summed E-state index contributed by atoms with van der Waals surface area (Å²) >= 11 is 7.35. The minimum Gasteiger partial charge on any atom is -0.495 e. The summed E-state index contributed by atoms with van der Waals surface area (Å²) in [5, 5.41) is 4.10. The number of carbonyl (C=O) groups excluding carboxylic acids is 2. The maximum Gasteiger partial charge on any atom is 0.348 e. The average molecular weight is 487 g/mol. The van der Waals surface area contributed by atoms with Crippen LogP contribution in [0.1, 0.15) is 9.67 Å². The number of benzene rings is 2. The van der Waals surface area contributed by atoms with E-state index in [9.17, 15) is 9.59 Å². The number of ether oxygens (including phenoxy) is 3. The number of halogens is 1. The van der Waals surface area contributed by atoms with E-state index in [0.29, 0.717) is 34.6 Å². The Kier molecular flexibility index (Phi) is 7.49. The second-order valence-corrected chi connectivity index (χ2v) is 8.73. The lowest BCUT2D eigenvalue weighted by atomic mass is 10.1. The number of amides is 1. The van der Waals surface area contributed by atoms with Gasteiger partial charge >= 0.3 is 5.97 Å². The van der Waals surface area contributed by atoms with Gasteiger partial charge in [-0.05, 0) is 29.8 Å². The average Bonchev–Trinajstić information content (AvgIpc) is 3.29. The lowest BCUT2D eigenvalue weighted by Gasteiger charge is -2.28. The molecule has 0 bridgehead atoms. The Morgan fingerprint density at radius 2 is 1.88 bits per heavy atom. The van der Waals surface area contributed by atoms with Crippen molar-refractivity contribution in [2.45, 2.75) is 0 Å². The van der Waals surface area contributed by atoms with Crippen molar-refractivity contribution in [3.05, 3.63) is 64.5 Å². The number of nitrogens with one attached hydrogen (secondary N) is 1. The fraction of sp³-hybridized carbons (Fsp3) is 0.250. The number of rotatable bonds is 7. The van der Waals surface area contributed by atoms with Gasteiger partial charge in [-0.3, -0.25) is 4.79 Å². The molecule has 172 valence electrons. The Hall–Kier alpha value is -3.07. The summed E-state index contributed by atoms with van der Waals surface area (Å²) in [5.74, 6) is -0.581. The zero-order chi connectivity index (χ0) is 23.2. The number of hydrogen-bond acceptors (Lipinski definition) is 7. The summed E-state index contributed by atoms with van der Waals surface area (Å²) in [4.78, 5) is 27.8. The van der Waals surface area contributed by atoms with Crippen molar-refractivity contribution in [2.75, 3.05) is 50.2 Å². The Labute approximate surface area is 200 Å². The molecule has 1 fully saturated rings. The summed E-state index contributed by atoms with van der Waals surface area (Å²) in [7, 11) is 1.49. The normalized spacial score (nSPS) is 13.5. The molecule has 2 heterocycles. The molecule has 9 heteroatoms. The van der Waals surface area contributed by atoms with E-state index in [-0.39, 0.29) is 0 Å². The van der Waals surface area contributed by atoms with Gasteiger partial charge in [0.25, 0.3) is 5.91 Å². The minimum absolute atomic E-state index is 0.406. The van der Waals surface area contributed by atoms with E-state index in [1.165, 1.54) is 18.4 Å². The number of nitrogens with zero attached hydrogens (tertiary/aromatic N) is 1. The molecule has 0 saturated carbocycles. The van der Waals surface area contributed by atoms with Gasteiger partial charge in [0.2, 0.25) is 0 Å². The molecule has 1 aliphatic rings. The standard InChI is InChI=1S/C24H23ClN2O5S/c1-30-20-8-7-17(25)13-19(20)26-22(28)15-32-24(29)21-14-18(16-5-3-2-4-6-16)23(33-21)27-9-11-31-12-10-27/h2-8,13-14H,9-12,15H2,1H3,(H,26,28). The first kappa shape index (κ1) is 23.1. The Balaban J connectivity index is 1.47. The fourth-order valence-electron chi connectivity index (χ4n) is 3.47. The quantitative estimate of drug-likeness (QED) is 0.487. The van der Waals surface area contributed by atoms with E-state index in [1.807, 2.05) is 36.4 Å². The summed E-state index contributed by atoms with van der Waals surface area (Å²) in [6.07, 6.45) is 0. The van der Waals surface area contributed by atoms with Crippen molar-refractivity contribution in [3.8, 4) is 16.9 Å². The third-order valence-corrected chi connectivity index (χ3v) is 6.48. The molecule has 0 unspecified atom stereocenters. The molecule has 1 N–H and O–H groups in total. The van der Waals surface area contributed by atoms with Gasteiger partial charge in [-0.1, -0.05) is 41.9 Å². The van der Waals surface area contributed by atoms with Crippen molar-refractivity contribution in [2.24, 2.45) is 0 Å². The maximum atomic E-state index is 12.8. The monoisotopic (exact) mass is 486 g/mol. The van der Waals surface area contributed by atoms with Crippen LogP contribution in [0.5, 0.6) is 5.75 Å². The summed E-state index contributed by atoms with van der Waals surface area (Å²) in [6, 6.07) is 16.6. The number of methoxy groups -OCH3 is 1. The smallest absolute Gasteiger partial charge is 0.348 e. The number of esters is 1. The molecule has 0 aliphatic carbocycles. The van der Waals surface area contributed by atoms with Gasteiger partial charge in [-0.2, -0.15) is 0 Å². The molecule has 0 radical (unpaired) electrons. The van der Waals surface area contributed by atoms with E-state index < -0.39 is 18.5 Å². The number of hydrogen-bond donors (Lipinski definition) is 1. The zero-order valence-electron chi connectivity index (χ0n) is 18.0. The topological polar surface area (TPSA) is 77.1 Å². The van der Waals surface area contributed by atoms with Gasteiger partial charge in [0.15, 0.2) is 6.61 Å². The number of anilines is 2. The lowest BCUT2D eigenvalue weighted by Crippen LogP contribution is -2.35. The highest BCUT2D eigenvalue weighted by Gasteiger charge is 2.23. The van der Waals surface area contributed by atoms with Crippen LogP contribution in [0.4, 0.5) is 10.7 Å². The Bertz CT molecular complexity index is 1130. The third-order valence-electron chi connectivity index (χ3n) is 5.07. The first-order valence-electron chi connectivity index (χ1n) is 10.4. The van der Waals surface area contributed by atoms with E-state index in [0.717, 1.165) is 29.2 Å². The van der Waals surface area contributed by atoms with Gasteiger partial charge in [-0.15, -0.1) is 11.3 Å². The molecule has 0 spiro atoms. The summed E-state index contributed by atoms with van der Waals surface area (Å²) in [5.41, 5.74) is 2.38. The van der Waals surface area contributed by atoms with Crippen molar-refractivity contribution in [1.29, 1.82) is 0 Å². The first-order valence-corrected chi connectivity index (χ1v) is 11.6.